The van der Waals surface area contributed by atoms with E-state index in [0.29, 0.717) is 15.9 Å². The van der Waals surface area contributed by atoms with Crippen molar-refractivity contribution in [3.63, 3.8) is 0 Å². The van der Waals surface area contributed by atoms with Crippen LogP contribution in [0.25, 0.3) is 10.9 Å². The molecule has 0 unspecified atom stereocenters. The summed E-state index contributed by atoms with van der Waals surface area (Å²) in [5.41, 5.74) is 0.268. The number of aryl methyl sites for hydroxylation is 1. The van der Waals surface area contributed by atoms with Crippen LogP contribution in [-0.4, -0.2) is 20.6 Å². The van der Waals surface area contributed by atoms with Crippen LogP contribution in [-0.2, 0) is 11.3 Å². The van der Waals surface area contributed by atoms with Crippen LogP contribution in [0, 0.1) is 0 Å². The van der Waals surface area contributed by atoms with Gasteiger partial charge in [0.1, 0.15) is 0 Å². The lowest BCUT2D eigenvalue weighted by Crippen LogP contribution is -2.21. The summed E-state index contributed by atoms with van der Waals surface area (Å²) in [4.78, 5) is 26.5. The van der Waals surface area contributed by atoms with Crippen molar-refractivity contribution in [2.45, 2.75) is 13.0 Å². The van der Waals surface area contributed by atoms with Gasteiger partial charge in [-0.3, -0.25) is 14.2 Å². The Hall–Kier alpha value is -1.88. The van der Waals surface area contributed by atoms with Gasteiger partial charge < -0.3 is 5.11 Å². The smallest absolute Gasteiger partial charge is 0.305 e. The number of fused-ring (bicyclic) bond motifs is 1. The molecule has 0 amide bonds. The van der Waals surface area contributed by atoms with E-state index in [9.17, 15) is 9.59 Å². The van der Waals surface area contributed by atoms with Gasteiger partial charge in [0, 0.05) is 11.6 Å². The van der Waals surface area contributed by atoms with Crippen LogP contribution in [0.2, 0.25) is 5.02 Å². The van der Waals surface area contributed by atoms with Crippen molar-refractivity contribution in [1.82, 2.24) is 9.55 Å². The summed E-state index contributed by atoms with van der Waals surface area (Å²) >= 11 is 5.80. The standard InChI is InChI=1S/C11H9ClN2O3/c12-7-1-2-9-8(5-7)11(17)14(6-13-9)4-3-10(15)16/h1-2,5-6H,3-4H2,(H,15,16). The average Bonchev–Trinajstić information content (AvgIpc) is 2.29. The highest BCUT2D eigenvalue weighted by Gasteiger charge is 2.06. The van der Waals surface area contributed by atoms with Crippen molar-refractivity contribution in [3.05, 3.63) is 39.9 Å². The molecule has 6 heteroatoms. The summed E-state index contributed by atoms with van der Waals surface area (Å²) in [6.07, 6.45) is 1.23. The van der Waals surface area contributed by atoms with Crippen molar-refractivity contribution in [2.75, 3.05) is 0 Å². The molecule has 88 valence electrons. The maximum absolute atomic E-state index is 12.0. The van der Waals surface area contributed by atoms with Gasteiger partial charge in [0.25, 0.3) is 5.56 Å². The number of aliphatic carboxylic acids is 1. The lowest BCUT2D eigenvalue weighted by Gasteiger charge is -2.04. The van der Waals surface area contributed by atoms with E-state index in [-0.39, 0.29) is 18.5 Å². The fourth-order valence-electron chi connectivity index (χ4n) is 1.51. The van der Waals surface area contributed by atoms with E-state index >= 15 is 0 Å². The Labute approximate surface area is 101 Å². The van der Waals surface area contributed by atoms with Crippen molar-refractivity contribution in [1.29, 1.82) is 0 Å². The molecule has 5 nitrogen and oxygen atoms in total. The van der Waals surface area contributed by atoms with Gasteiger partial charge in [0.15, 0.2) is 0 Å². The molecule has 0 atom stereocenters. The summed E-state index contributed by atoms with van der Waals surface area (Å²) in [6.45, 7) is 0.101. The first-order valence-electron chi connectivity index (χ1n) is 4.94. The first kappa shape index (κ1) is 11.6. The van der Waals surface area contributed by atoms with Crippen molar-refractivity contribution >= 4 is 28.5 Å². The summed E-state index contributed by atoms with van der Waals surface area (Å²) < 4.78 is 1.27. The van der Waals surface area contributed by atoms with Crippen LogP contribution in [0.5, 0.6) is 0 Å². The molecule has 0 spiro atoms. The molecular formula is C11H9ClN2O3. The van der Waals surface area contributed by atoms with E-state index in [4.69, 9.17) is 16.7 Å². The summed E-state index contributed by atoms with van der Waals surface area (Å²) in [5, 5.41) is 9.41. The monoisotopic (exact) mass is 252 g/mol. The third-order valence-corrected chi connectivity index (χ3v) is 2.59. The Kier molecular flexibility index (Phi) is 3.10. The van der Waals surface area contributed by atoms with Gasteiger partial charge in [-0.1, -0.05) is 11.6 Å². The third kappa shape index (κ3) is 2.45. The first-order chi connectivity index (χ1) is 8.08. The summed E-state index contributed by atoms with van der Waals surface area (Å²) in [6, 6.07) is 4.84. The van der Waals surface area contributed by atoms with E-state index in [1.54, 1.807) is 12.1 Å². The number of hydrogen-bond donors (Lipinski definition) is 1. The number of nitrogens with zero attached hydrogens (tertiary/aromatic N) is 2. The molecule has 17 heavy (non-hydrogen) atoms. The van der Waals surface area contributed by atoms with Crippen LogP contribution in [0.1, 0.15) is 6.42 Å². The Morgan fingerprint density at radius 2 is 2.24 bits per heavy atom. The maximum atomic E-state index is 12.0. The quantitative estimate of drug-likeness (QED) is 0.899. The van der Waals surface area contributed by atoms with Gasteiger partial charge in [0.05, 0.1) is 23.7 Å². The first-order valence-corrected chi connectivity index (χ1v) is 5.32. The Balaban J connectivity index is 2.49. The topological polar surface area (TPSA) is 72.2 Å². The molecule has 0 saturated carbocycles. The van der Waals surface area contributed by atoms with Gasteiger partial charge in [0.2, 0.25) is 0 Å². The molecule has 0 fully saturated rings. The highest BCUT2D eigenvalue weighted by Crippen LogP contribution is 2.13. The van der Waals surface area contributed by atoms with E-state index < -0.39 is 5.97 Å². The van der Waals surface area contributed by atoms with Gasteiger partial charge in [-0.05, 0) is 18.2 Å². The molecule has 2 aromatic rings. The van der Waals surface area contributed by atoms with E-state index in [1.807, 2.05) is 0 Å². The molecule has 0 aliphatic carbocycles. The predicted molar refractivity (Wildman–Crippen MR) is 63.3 cm³/mol. The fourth-order valence-corrected chi connectivity index (χ4v) is 1.68. The number of carboxylic acid groups (broad SMARTS) is 1. The molecule has 0 aliphatic rings. The second-order valence-electron chi connectivity index (χ2n) is 3.55. The second-order valence-corrected chi connectivity index (χ2v) is 3.98. The van der Waals surface area contributed by atoms with E-state index in [2.05, 4.69) is 4.98 Å². The van der Waals surface area contributed by atoms with Crippen molar-refractivity contribution in [3.8, 4) is 0 Å². The number of carbonyl (C=O) groups is 1. The zero-order chi connectivity index (χ0) is 12.4. The molecule has 1 aromatic heterocycles. The highest BCUT2D eigenvalue weighted by atomic mass is 35.5. The molecule has 1 heterocycles. The molecule has 0 saturated heterocycles. The lowest BCUT2D eigenvalue weighted by atomic mass is 10.2. The molecule has 0 bridgehead atoms. The fraction of sp³-hybridized carbons (Fsp3) is 0.182. The number of benzene rings is 1. The van der Waals surface area contributed by atoms with Crippen LogP contribution in [0.4, 0.5) is 0 Å². The zero-order valence-electron chi connectivity index (χ0n) is 8.76. The van der Waals surface area contributed by atoms with E-state index in [1.165, 1.54) is 17.0 Å². The Morgan fingerprint density at radius 3 is 2.94 bits per heavy atom. The molecule has 2 rings (SSSR count). The molecular weight excluding hydrogens is 244 g/mol. The van der Waals surface area contributed by atoms with Crippen LogP contribution >= 0.6 is 11.6 Å². The molecule has 1 N–H and O–H groups in total. The largest absolute Gasteiger partial charge is 0.481 e. The normalized spacial score (nSPS) is 10.6. The maximum Gasteiger partial charge on any atom is 0.305 e. The second kappa shape index (κ2) is 4.55. The van der Waals surface area contributed by atoms with Gasteiger partial charge in [-0.2, -0.15) is 0 Å². The zero-order valence-corrected chi connectivity index (χ0v) is 9.52. The van der Waals surface area contributed by atoms with Gasteiger partial charge >= 0.3 is 5.97 Å². The minimum absolute atomic E-state index is 0.101. The number of hydrogen-bond acceptors (Lipinski definition) is 3. The highest BCUT2D eigenvalue weighted by molar-refractivity contribution is 6.31. The summed E-state index contributed by atoms with van der Waals surface area (Å²) in [5.74, 6) is -0.955. The minimum atomic E-state index is -0.955. The Morgan fingerprint density at radius 1 is 1.47 bits per heavy atom. The SMILES string of the molecule is O=C(O)CCn1cnc2ccc(Cl)cc2c1=O. The number of rotatable bonds is 3. The van der Waals surface area contributed by atoms with Crippen LogP contribution < -0.4 is 5.56 Å². The summed E-state index contributed by atoms with van der Waals surface area (Å²) in [7, 11) is 0. The lowest BCUT2D eigenvalue weighted by molar-refractivity contribution is -0.137. The minimum Gasteiger partial charge on any atom is -0.481 e. The molecule has 0 aliphatic heterocycles. The Bertz CT molecular complexity index is 636. The van der Waals surface area contributed by atoms with Crippen molar-refractivity contribution in [2.24, 2.45) is 0 Å². The van der Waals surface area contributed by atoms with E-state index in [0.717, 1.165) is 0 Å². The van der Waals surface area contributed by atoms with Crippen LogP contribution in [0.15, 0.2) is 29.3 Å². The third-order valence-electron chi connectivity index (χ3n) is 2.35. The molecule has 0 radical (unpaired) electrons. The number of halogens is 1. The van der Waals surface area contributed by atoms with Crippen molar-refractivity contribution < 1.29 is 9.90 Å². The average molecular weight is 253 g/mol. The molecule has 1 aromatic carbocycles. The number of carboxylic acids is 1. The van der Waals surface area contributed by atoms with Gasteiger partial charge in [-0.25, -0.2) is 4.98 Å². The van der Waals surface area contributed by atoms with Crippen LogP contribution in [0.3, 0.4) is 0 Å². The van der Waals surface area contributed by atoms with Gasteiger partial charge in [-0.15, -0.1) is 0 Å². The number of aromatic nitrogens is 2. The predicted octanol–water partition coefficient (Wildman–Crippen LogP) is 1.52.